The first-order chi connectivity index (χ1) is 14.2. The molecule has 160 valence electrons. The summed E-state index contributed by atoms with van der Waals surface area (Å²) in [4.78, 5) is 30.6. The molecule has 0 saturated carbocycles. The molecule has 2 amide bonds. The maximum absolute atomic E-state index is 12.9. The molecule has 3 saturated heterocycles. The molecule has 3 fully saturated rings. The minimum atomic E-state index is -0.127. The van der Waals surface area contributed by atoms with Gasteiger partial charge >= 0.3 is 0 Å². The van der Waals surface area contributed by atoms with Crippen molar-refractivity contribution in [3.05, 3.63) is 22.4 Å². The van der Waals surface area contributed by atoms with Crippen LogP contribution in [0.4, 0.5) is 0 Å². The van der Waals surface area contributed by atoms with Gasteiger partial charge in [-0.25, -0.2) is 0 Å². The SMILES string of the molecule is O=C(NCC(C1CCOC1)N1CCOCC1)C1CCCN(C(=O)c2cccs2)C1. The number of nitrogens with zero attached hydrogens (tertiary/aromatic N) is 2. The Morgan fingerprint density at radius 2 is 2.03 bits per heavy atom. The van der Waals surface area contributed by atoms with Crippen LogP contribution >= 0.6 is 11.3 Å². The van der Waals surface area contributed by atoms with Gasteiger partial charge in [0.05, 0.1) is 30.6 Å². The largest absolute Gasteiger partial charge is 0.381 e. The highest BCUT2D eigenvalue weighted by molar-refractivity contribution is 7.12. The molecule has 0 bridgehead atoms. The second-order valence-corrected chi connectivity index (χ2v) is 9.10. The summed E-state index contributed by atoms with van der Waals surface area (Å²) in [5, 5.41) is 5.13. The van der Waals surface area contributed by atoms with Gasteiger partial charge in [-0.15, -0.1) is 11.3 Å². The standard InChI is InChI=1S/C21H31N3O4S/c25-20(16-3-1-6-24(14-16)21(26)19-4-2-12-29-19)22-13-18(17-5-9-28-15-17)23-7-10-27-11-8-23/h2,4,12,16-18H,1,3,5-11,13-15H2,(H,22,25). The van der Waals surface area contributed by atoms with E-state index in [9.17, 15) is 9.59 Å². The van der Waals surface area contributed by atoms with Crippen LogP contribution in [0.5, 0.6) is 0 Å². The average Bonchev–Trinajstić information content (AvgIpc) is 3.49. The molecule has 1 aromatic heterocycles. The van der Waals surface area contributed by atoms with Crippen molar-refractivity contribution in [2.75, 3.05) is 59.2 Å². The number of amides is 2. The van der Waals surface area contributed by atoms with Crippen LogP contribution in [-0.4, -0.2) is 86.8 Å². The Balaban J connectivity index is 1.32. The summed E-state index contributed by atoms with van der Waals surface area (Å²) >= 11 is 1.46. The third kappa shape index (κ3) is 5.17. The molecule has 0 aliphatic carbocycles. The molecule has 0 spiro atoms. The number of nitrogens with one attached hydrogen (secondary N) is 1. The molecule has 3 atom stereocenters. The van der Waals surface area contributed by atoms with Gasteiger partial charge in [-0.3, -0.25) is 14.5 Å². The van der Waals surface area contributed by atoms with Gasteiger partial charge in [-0.2, -0.15) is 0 Å². The van der Waals surface area contributed by atoms with Crippen molar-refractivity contribution >= 4 is 23.2 Å². The molecule has 0 radical (unpaired) electrons. The number of hydrogen-bond donors (Lipinski definition) is 1. The number of ether oxygens (including phenoxy) is 2. The number of hydrogen-bond acceptors (Lipinski definition) is 6. The van der Waals surface area contributed by atoms with Crippen molar-refractivity contribution < 1.29 is 19.1 Å². The van der Waals surface area contributed by atoms with Gasteiger partial charge in [0.2, 0.25) is 5.91 Å². The molecule has 4 heterocycles. The van der Waals surface area contributed by atoms with Crippen molar-refractivity contribution in [1.29, 1.82) is 0 Å². The Morgan fingerprint density at radius 1 is 1.17 bits per heavy atom. The minimum Gasteiger partial charge on any atom is -0.381 e. The van der Waals surface area contributed by atoms with Crippen molar-refractivity contribution in [3.63, 3.8) is 0 Å². The summed E-state index contributed by atoms with van der Waals surface area (Å²) in [5.41, 5.74) is 0. The van der Waals surface area contributed by atoms with Crippen molar-refractivity contribution in [3.8, 4) is 0 Å². The smallest absolute Gasteiger partial charge is 0.263 e. The zero-order valence-electron chi connectivity index (χ0n) is 16.9. The van der Waals surface area contributed by atoms with E-state index in [4.69, 9.17) is 9.47 Å². The van der Waals surface area contributed by atoms with Gasteiger partial charge in [0.1, 0.15) is 0 Å². The van der Waals surface area contributed by atoms with Crippen LogP contribution in [-0.2, 0) is 14.3 Å². The van der Waals surface area contributed by atoms with Crippen LogP contribution < -0.4 is 5.32 Å². The van der Waals surface area contributed by atoms with Crippen LogP contribution in [0.2, 0.25) is 0 Å². The molecule has 0 aromatic carbocycles. The molecule has 3 aliphatic rings. The topological polar surface area (TPSA) is 71.1 Å². The molecule has 4 rings (SSSR count). The van der Waals surface area contributed by atoms with E-state index in [0.717, 1.165) is 70.2 Å². The zero-order chi connectivity index (χ0) is 20.1. The molecule has 3 unspecified atom stereocenters. The van der Waals surface area contributed by atoms with E-state index in [1.165, 1.54) is 11.3 Å². The van der Waals surface area contributed by atoms with E-state index in [0.29, 0.717) is 19.0 Å². The molecule has 29 heavy (non-hydrogen) atoms. The first-order valence-corrected chi connectivity index (χ1v) is 11.6. The molecule has 1 aromatic rings. The number of likely N-dealkylation sites (tertiary alicyclic amines) is 1. The van der Waals surface area contributed by atoms with Crippen LogP contribution in [0.1, 0.15) is 28.9 Å². The minimum absolute atomic E-state index is 0.0480. The summed E-state index contributed by atoms with van der Waals surface area (Å²) in [6.07, 6.45) is 2.76. The van der Waals surface area contributed by atoms with Crippen molar-refractivity contribution in [2.45, 2.75) is 25.3 Å². The van der Waals surface area contributed by atoms with Crippen molar-refractivity contribution in [1.82, 2.24) is 15.1 Å². The highest BCUT2D eigenvalue weighted by atomic mass is 32.1. The number of morpholine rings is 1. The second kappa shape index (κ2) is 10.0. The predicted molar refractivity (Wildman–Crippen MR) is 111 cm³/mol. The molecular weight excluding hydrogens is 390 g/mol. The highest BCUT2D eigenvalue weighted by Crippen LogP contribution is 2.23. The number of carbonyl (C=O) groups is 2. The monoisotopic (exact) mass is 421 g/mol. The van der Waals surface area contributed by atoms with Gasteiger partial charge < -0.3 is 19.7 Å². The summed E-state index contributed by atoms with van der Waals surface area (Å²) in [6, 6.07) is 4.04. The zero-order valence-corrected chi connectivity index (χ0v) is 17.7. The lowest BCUT2D eigenvalue weighted by Crippen LogP contribution is -2.53. The van der Waals surface area contributed by atoms with Gasteiger partial charge in [0, 0.05) is 51.3 Å². The fourth-order valence-corrected chi connectivity index (χ4v) is 5.33. The number of rotatable bonds is 6. The Morgan fingerprint density at radius 3 is 2.76 bits per heavy atom. The fraction of sp³-hybridized carbons (Fsp3) is 0.714. The number of thiophene rings is 1. The maximum Gasteiger partial charge on any atom is 0.263 e. The third-order valence-corrected chi connectivity index (χ3v) is 7.18. The predicted octanol–water partition coefficient (Wildman–Crippen LogP) is 1.45. The van der Waals surface area contributed by atoms with Gasteiger partial charge in [-0.1, -0.05) is 6.07 Å². The first kappa shape index (κ1) is 20.8. The molecular formula is C21H31N3O4S. The Labute approximate surface area is 176 Å². The van der Waals surface area contributed by atoms with E-state index in [1.807, 2.05) is 22.4 Å². The first-order valence-electron chi connectivity index (χ1n) is 10.7. The lowest BCUT2D eigenvalue weighted by atomic mass is 9.94. The van der Waals surface area contributed by atoms with E-state index in [1.54, 1.807) is 0 Å². The summed E-state index contributed by atoms with van der Waals surface area (Å²) in [5.74, 6) is 0.451. The summed E-state index contributed by atoms with van der Waals surface area (Å²) in [6.45, 7) is 6.77. The van der Waals surface area contributed by atoms with Crippen LogP contribution in [0.25, 0.3) is 0 Å². The quantitative estimate of drug-likeness (QED) is 0.753. The number of carbonyl (C=O) groups excluding carboxylic acids is 2. The Kier molecular flexibility index (Phi) is 7.18. The molecule has 8 heteroatoms. The second-order valence-electron chi connectivity index (χ2n) is 8.15. The van der Waals surface area contributed by atoms with E-state index >= 15 is 0 Å². The lowest BCUT2D eigenvalue weighted by molar-refractivity contribution is -0.126. The third-order valence-electron chi connectivity index (χ3n) is 6.32. The highest BCUT2D eigenvalue weighted by Gasteiger charge is 2.34. The van der Waals surface area contributed by atoms with Gasteiger partial charge in [0.15, 0.2) is 0 Å². The van der Waals surface area contributed by atoms with Gasteiger partial charge in [0.25, 0.3) is 5.91 Å². The summed E-state index contributed by atoms with van der Waals surface area (Å²) < 4.78 is 11.1. The van der Waals surface area contributed by atoms with E-state index < -0.39 is 0 Å². The van der Waals surface area contributed by atoms with E-state index in [2.05, 4.69) is 10.2 Å². The Bertz CT molecular complexity index is 671. The van der Waals surface area contributed by atoms with E-state index in [-0.39, 0.29) is 23.8 Å². The van der Waals surface area contributed by atoms with Crippen LogP contribution in [0.3, 0.4) is 0 Å². The number of piperidine rings is 1. The average molecular weight is 422 g/mol. The maximum atomic E-state index is 12.9. The van der Waals surface area contributed by atoms with Crippen molar-refractivity contribution in [2.24, 2.45) is 11.8 Å². The fourth-order valence-electron chi connectivity index (χ4n) is 4.64. The molecule has 1 N–H and O–H groups in total. The molecule has 7 nitrogen and oxygen atoms in total. The Hall–Kier alpha value is -1.48. The van der Waals surface area contributed by atoms with Gasteiger partial charge in [-0.05, 0) is 30.7 Å². The molecule has 3 aliphatic heterocycles. The lowest BCUT2D eigenvalue weighted by Gasteiger charge is -2.38. The normalized spacial score (nSPS) is 27.0. The van der Waals surface area contributed by atoms with Crippen LogP contribution in [0, 0.1) is 11.8 Å². The van der Waals surface area contributed by atoms with Crippen LogP contribution in [0.15, 0.2) is 17.5 Å². The summed E-state index contributed by atoms with van der Waals surface area (Å²) in [7, 11) is 0.